The van der Waals surface area contributed by atoms with Crippen LogP contribution in [0.4, 0.5) is 0 Å². The van der Waals surface area contributed by atoms with Crippen molar-refractivity contribution in [1.29, 1.82) is 0 Å². The molecule has 0 spiro atoms. The van der Waals surface area contributed by atoms with Gasteiger partial charge in [0.05, 0.1) is 11.5 Å². The van der Waals surface area contributed by atoms with E-state index in [1.165, 1.54) is 0 Å². The molecule has 0 aliphatic heterocycles. The van der Waals surface area contributed by atoms with Crippen LogP contribution in [0.5, 0.6) is 5.75 Å². The second-order valence-electron chi connectivity index (χ2n) is 7.74. The van der Waals surface area contributed by atoms with Crippen molar-refractivity contribution in [3.63, 3.8) is 0 Å². The molecule has 2 aromatic rings. The minimum atomic E-state index is -3.65. The van der Waals surface area contributed by atoms with Crippen LogP contribution in [0.1, 0.15) is 44.2 Å². The summed E-state index contributed by atoms with van der Waals surface area (Å²) in [6, 6.07) is 12.7. The summed E-state index contributed by atoms with van der Waals surface area (Å²) in [7, 11) is -3.65. The van der Waals surface area contributed by atoms with Gasteiger partial charge in [0.2, 0.25) is 10.0 Å². The number of hydrogen-bond donors (Lipinski definition) is 1. The van der Waals surface area contributed by atoms with Gasteiger partial charge in [0.15, 0.2) is 0 Å². The number of sulfonamides is 1. The van der Waals surface area contributed by atoms with E-state index in [0.717, 1.165) is 34.7 Å². The largest absolute Gasteiger partial charge is 0.494 e. The molecule has 0 amide bonds. The van der Waals surface area contributed by atoms with Gasteiger partial charge in [0, 0.05) is 5.02 Å². The molecule has 6 heteroatoms. The summed E-state index contributed by atoms with van der Waals surface area (Å²) < 4.78 is 28.6. The Kier molecular flexibility index (Phi) is 5.57. The standard InChI is InChI=1S/C21H26ClNO3S/c1-4-26-19-12-8-16(22)13-15(19)7-11-18-20(21(18,2)3)14-5-9-17(10-6-14)27(23,24)25/h5-6,8-10,12-13,18,20H,4,7,11H2,1-3H3,(H2,23,24,25)/t18-,20-/m1/s1. The molecule has 146 valence electrons. The second kappa shape index (κ2) is 7.46. The zero-order chi connectivity index (χ0) is 19.8. The van der Waals surface area contributed by atoms with Gasteiger partial charge in [-0.1, -0.05) is 37.6 Å². The molecule has 27 heavy (non-hydrogen) atoms. The maximum absolute atomic E-state index is 11.4. The maximum atomic E-state index is 11.4. The highest BCUT2D eigenvalue weighted by atomic mass is 35.5. The molecule has 0 bridgehead atoms. The maximum Gasteiger partial charge on any atom is 0.238 e. The number of hydrogen-bond acceptors (Lipinski definition) is 3. The molecule has 1 saturated carbocycles. The summed E-state index contributed by atoms with van der Waals surface area (Å²) in [5.74, 6) is 1.82. The predicted octanol–water partition coefficient (Wildman–Crippen LogP) is 4.76. The van der Waals surface area contributed by atoms with Gasteiger partial charge in [-0.2, -0.15) is 0 Å². The average Bonchev–Trinajstić information content (AvgIpc) is 3.15. The Bertz CT molecular complexity index is 923. The summed E-state index contributed by atoms with van der Waals surface area (Å²) in [4.78, 5) is 0.154. The Labute approximate surface area is 166 Å². The van der Waals surface area contributed by atoms with Crippen molar-refractivity contribution in [2.45, 2.75) is 44.4 Å². The van der Waals surface area contributed by atoms with Crippen LogP contribution in [-0.4, -0.2) is 15.0 Å². The lowest BCUT2D eigenvalue weighted by molar-refractivity contribution is 0.335. The van der Waals surface area contributed by atoms with Crippen LogP contribution >= 0.6 is 11.6 Å². The Morgan fingerprint density at radius 3 is 2.41 bits per heavy atom. The lowest BCUT2D eigenvalue weighted by Gasteiger charge is -2.11. The van der Waals surface area contributed by atoms with Crippen molar-refractivity contribution in [2.24, 2.45) is 16.5 Å². The van der Waals surface area contributed by atoms with Gasteiger partial charge < -0.3 is 4.74 Å². The first-order valence-corrected chi connectivity index (χ1v) is 11.1. The summed E-state index contributed by atoms with van der Waals surface area (Å²) in [5.41, 5.74) is 2.47. The molecule has 2 aromatic carbocycles. The van der Waals surface area contributed by atoms with Gasteiger partial charge in [0.1, 0.15) is 5.75 Å². The van der Waals surface area contributed by atoms with E-state index >= 15 is 0 Å². The molecule has 1 aliphatic rings. The fourth-order valence-corrected chi connectivity index (χ4v) is 4.87. The molecular weight excluding hydrogens is 382 g/mol. The normalized spacial score (nSPS) is 21.1. The SMILES string of the molecule is CCOc1ccc(Cl)cc1CC[C@@H]1[C@@H](c2ccc(S(N)(=O)=O)cc2)C1(C)C. The highest BCUT2D eigenvalue weighted by molar-refractivity contribution is 7.89. The number of primary sulfonamides is 1. The third-order valence-electron chi connectivity index (χ3n) is 5.67. The molecular formula is C21H26ClNO3S. The minimum absolute atomic E-state index is 0.154. The zero-order valence-electron chi connectivity index (χ0n) is 15.9. The van der Waals surface area contributed by atoms with Crippen molar-refractivity contribution in [2.75, 3.05) is 6.61 Å². The third-order valence-corrected chi connectivity index (χ3v) is 6.83. The molecule has 3 rings (SSSR count). The minimum Gasteiger partial charge on any atom is -0.494 e. The predicted molar refractivity (Wildman–Crippen MR) is 109 cm³/mol. The van der Waals surface area contributed by atoms with E-state index in [4.69, 9.17) is 21.5 Å². The summed E-state index contributed by atoms with van der Waals surface area (Å²) in [6.07, 6.45) is 1.92. The van der Waals surface area contributed by atoms with Crippen molar-refractivity contribution in [3.8, 4) is 5.75 Å². The molecule has 2 N–H and O–H groups in total. The van der Waals surface area contributed by atoms with Crippen molar-refractivity contribution < 1.29 is 13.2 Å². The fraction of sp³-hybridized carbons (Fsp3) is 0.429. The summed E-state index contributed by atoms with van der Waals surface area (Å²) >= 11 is 6.17. The number of rotatable bonds is 7. The molecule has 4 nitrogen and oxygen atoms in total. The van der Waals surface area contributed by atoms with Crippen molar-refractivity contribution >= 4 is 21.6 Å². The first kappa shape index (κ1) is 20.2. The first-order chi connectivity index (χ1) is 12.6. The number of aryl methyl sites for hydroxylation is 1. The monoisotopic (exact) mass is 407 g/mol. The smallest absolute Gasteiger partial charge is 0.238 e. The molecule has 0 aromatic heterocycles. The molecule has 2 atom stereocenters. The lowest BCUT2D eigenvalue weighted by Crippen LogP contribution is -2.11. The molecule has 0 saturated heterocycles. The van der Waals surface area contributed by atoms with E-state index in [9.17, 15) is 8.42 Å². The van der Waals surface area contributed by atoms with E-state index in [2.05, 4.69) is 13.8 Å². The Balaban J connectivity index is 1.73. The van der Waals surface area contributed by atoms with Gasteiger partial charge in [-0.15, -0.1) is 0 Å². The average molecular weight is 408 g/mol. The summed E-state index contributed by atoms with van der Waals surface area (Å²) in [6.45, 7) is 7.13. The van der Waals surface area contributed by atoms with Crippen LogP contribution < -0.4 is 9.88 Å². The van der Waals surface area contributed by atoms with E-state index < -0.39 is 10.0 Å². The van der Waals surface area contributed by atoms with Crippen molar-refractivity contribution in [3.05, 3.63) is 58.6 Å². The van der Waals surface area contributed by atoms with Crippen LogP contribution in [-0.2, 0) is 16.4 Å². The number of ether oxygens (including phenoxy) is 1. The number of benzene rings is 2. The van der Waals surface area contributed by atoms with Crippen LogP contribution in [0.3, 0.4) is 0 Å². The number of nitrogens with two attached hydrogens (primary N) is 1. The van der Waals surface area contributed by atoms with Crippen LogP contribution in [0, 0.1) is 11.3 Å². The van der Waals surface area contributed by atoms with Crippen LogP contribution in [0.2, 0.25) is 5.02 Å². The molecule has 1 aliphatic carbocycles. The molecule has 1 fully saturated rings. The highest BCUT2D eigenvalue weighted by Gasteiger charge is 2.57. The topological polar surface area (TPSA) is 69.4 Å². The Hall–Kier alpha value is -1.56. The Morgan fingerprint density at radius 1 is 1.15 bits per heavy atom. The molecule has 0 heterocycles. The van der Waals surface area contributed by atoms with Crippen LogP contribution in [0.15, 0.2) is 47.4 Å². The van der Waals surface area contributed by atoms with E-state index in [1.807, 2.05) is 37.3 Å². The van der Waals surface area contributed by atoms with E-state index in [-0.39, 0.29) is 10.3 Å². The van der Waals surface area contributed by atoms with Crippen LogP contribution in [0.25, 0.3) is 0 Å². The molecule has 0 unspecified atom stereocenters. The first-order valence-electron chi connectivity index (χ1n) is 9.18. The highest BCUT2D eigenvalue weighted by Crippen LogP contribution is 2.66. The van der Waals surface area contributed by atoms with Gasteiger partial charge in [0.25, 0.3) is 0 Å². The van der Waals surface area contributed by atoms with Gasteiger partial charge in [-0.25, -0.2) is 13.6 Å². The van der Waals surface area contributed by atoms with E-state index in [1.54, 1.807) is 12.1 Å². The number of halogens is 1. The zero-order valence-corrected chi connectivity index (χ0v) is 17.5. The molecule has 0 radical (unpaired) electrons. The second-order valence-corrected chi connectivity index (χ2v) is 9.74. The Morgan fingerprint density at radius 2 is 1.81 bits per heavy atom. The lowest BCUT2D eigenvalue weighted by atomic mass is 10.0. The van der Waals surface area contributed by atoms with Gasteiger partial charge in [-0.3, -0.25) is 0 Å². The quantitative estimate of drug-likeness (QED) is 0.719. The fourth-order valence-electron chi connectivity index (χ4n) is 4.16. The van der Waals surface area contributed by atoms with E-state index in [0.29, 0.717) is 18.4 Å². The van der Waals surface area contributed by atoms with Gasteiger partial charge >= 0.3 is 0 Å². The van der Waals surface area contributed by atoms with Gasteiger partial charge in [-0.05, 0) is 78.5 Å². The third kappa shape index (κ3) is 4.31. The van der Waals surface area contributed by atoms with Crippen molar-refractivity contribution in [1.82, 2.24) is 0 Å². The summed E-state index contributed by atoms with van der Waals surface area (Å²) in [5, 5.41) is 5.91.